The predicted octanol–water partition coefficient (Wildman–Crippen LogP) is 13.4. The van der Waals surface area contributed by atoms with E-state index in [1.807, 2.05) is 66.9 Å². The lowest BCUT2D eigenvalue weighted by Crippen LogP contribution is -2.17. The Balaban J connectivity index is 1.09. The van der Waals surface area contributed by atoms with Crippen LogP contribution in [0.2, 0.25) is 0 Å². The lowest BCUT2D eigenvalue weighted by atomic mass is 9.77. The van der Waals surface area contributed by atoms with Gasteiger partial charge in [-0.2, -0.15) is 0 Å². The summed E-state index contributed by atoms with van der Waals surface area (Å²) in [5.74, 6) is 0. The summed E-state index contributed by atoms with van der Waals surface area (Å²) in [7, 11) is 0. The van der Waals surface area contributed by atoms with E-state index >= 15 is 0 Å². The van der Waals surface area contributed by atoms with E-state index in [0.717, 1.165) is 44.0 Å². The summed E-state index contributed by atoms with van der Waals surface area (Å²) >= 11 is 0. The van der Waals surface area contributed by atoms with Gasteiger partial charge in [0.25, 0.3) is 0 Å². The zero-order valence-electron chi connectivity index (χ0n) is 30.1. The minimum Gasteiger partial charge on any atom is -0.456 e. The van der Waals surface area contributed by atoms with Crippen molar-refractivity contribution in [3.63, 3.8) is 0 Å². The van der Waals surface area contributed by atoms with E-state index in [4.69, 9.17) is 14.8 Å². The third-order valence-electron chi connectivity index (χ3n) is 11.2. The first-order valence-electron chi connectivity index (χ1n) is 18.5. The van der Waals surface area contributed by atoms with Crippen molar-refractivity contribution in [1.29, 1.82) is 5.41 Å². The molecule has 9 aromatic rings. The Morgan fingerprint density at radius 2 is 1.17 bits per heavy atom. The van der Waals surface area contributed by atoms with E-state index in [0.29, 0.717) is 11.4 Å². The molecule has 0 unspecified atom stereocenters. The Hall–Kier alpha value is -6.84. The van der Waals surface area contributed by atoms with Gasteiger partial charge in [-0.15, -0.1) is 0 Å². The van der Waals surface area contributed by atoms with Crippen molar-refractivity contribution in [2.45, 2.75) is 19.3 Å². The number of rotatable bonds is 6. The van der Waals surface area contributed by atoms with E-state index in [2.05, 4.69) is 123 Å². The van der Waals surface area contributed by atoms with E-state index in [9.17, 15) is 0 Å². The number of benzene rings is 8. The van der Waals surface area contributed by atoms with Crippen molar-refractivity contribution >= 4 is 61.1 Å². The fourth-order valence-electron chi connectivity index (χ4n) is 8.70. The van der Waals surface area contributed by atoms with Crippen molar-refractivity contribution in [2.75, 3.05) is 0 Å². The molecule has 1 heterocycles. The second-order valence-electron chi connectivity index (χ2n) is 14.7. The molecule has 0 radical (unpaired) electrons. The molecule has 3 nitrogen and oxygen atoms in total. The molecule has 10 rings (SSSR count). The summed E-state index contributed by atoms with van der Waals surface area (Å²) in [5.41, 5.74) is 13.1. The lowest BCUT2D eigenvalue weighted by molar-refractivity contribution is 0.668. The predicted molar refractivity (Wildman–Crippen MR) is 227 cm³/mol. The van der Waals surface area contributed by atoms with Crippen LogP contribution in [-0.4, -0.2) is 11.9 Å². The molecule has 0 aliphatic heterocycles. The van der Waals surface area contributed by atoms with Gasteiger partial charge in [0, 0.05) is 33.5 Å². The number of para-hydroxylation sites is 1. The zero-order chi connectivity index (χ0) is 36.4. The summed E-state index contributed by atoms with van der Waals surface area (Å²) < 4.78 is 6.26. The highest BCUT2D eigenvalue weighted by molar-refractivity contribution is 6.13. The molecule has 0 bridgehead atoms. The van der Waals surface area contributed by atoms with Crippen LogP contribution in [0.4, 0.5) is 0 Å². The highest BCUT2D eigenvalue weighted by atomic mass is 16.3. The van der Waals surface area contributed by atoms with E-state index < -0.39 is 0 Å². The fourth-order valence-corrected chi connectivity index (χ4v) is 8.70. The van der Waals surface area contributed by atoms with Crippen molar-refractivity contribution in [3.05, 3.63) is 198 Å². The zero-order valence-corrected chi connectivity index (χ0v) is 30.1. The maximum absolute atomic E-state index is 9.01. The number of nitrogens with one attached hydrogen (secondary N) is 1. The molecule has 1 N–H and O–H groups in total. The Labute approximate surface area is 314 Å². The number of hydrogen-bond donors (Lipinski definition) is 1. The molecule has 1 aliphatic rings. The molecule has 0 amide bonds. The Bertz CT molecular complexity index is 3030. The maximum atomic E-state index is 9.01. The molecule has 0 saturated heterocycles. The van der Waals surface area contributed by atoms with Crippen LogP contribution in [0.15, 0.2) is 179 Å². The Morgan fingerprint density at radius 3 is 2.00 bits per heavy atom. The highest BCUT2D eigenvalue weighted by Gasteiger charge is 2.39. The first-order chi connectivity index (χ1) is 26.5. The molecule has 0 fully saturated rings. The highest BCUT2D eigenvalue weighted by Crippen LogP contribution is 2.54. The van der Waals surface area contributed by atoms with Crippen molar-refractivity contribution in [1.82, 2.24) is 0 Å². The van der Waals surface area contributed by atoms with Crippen LogP contribution in [0, 0.1) is 5.41 Å². The van der Waals surface area contributed by atoms with Gasteiger partial charge in [-0.25, -0.2) is 0 Å². The number of allylic oxidation sites excluding steroid dienone is 1. The van der Waals surface area contributed by atoms with Crippen LogP contribution in [0.25, 0.3) is 71.4 Å². The number of nitrogens with zero attached hydrogens (tertiary/aromatic N) is 1. The largest absolute Gasteiger partial charge is 0.456 e. The van der Waals surface area contributed by atoms with Gasteiger partial charge in [0.05, 0.1) is 11.4 Å². The van der Waals surface area contributed by atoms with Crippen molar-refractivity contribution in [3.8, 4) is 22.3 Å². The molecule has 1 aromatic heterocycles. The maximum Gasteiger partial charge on any atom is 0.136 e. The van der Waals surface area contributed by atoms with Crippen LogP contribution in [0.3, 0.4) is 0 Å². The molecule has 3 heteroatoms. The van der Waals surface area contributed by atoms with Gasteiger partial charge in [0.2, 0.25) is 0 Å². The quantitative estimate of drug-likeness (QED) is 0.173. The van der Waals surface area contributed by atoms with Gasteiger partial charge in [-0.05, 0) is 84.8 Å². The van der Waals surface area contributed by atoms with Gasteiger partial charge < -0.3 is 9.83 Å². The summed E-state index contributed by atoms with van der Waals surface area (Å²) in [4.78, 5) is 5.13. The molecule has 8 aromatic carbocycles. The summed E-state index contributed by atoms with van der Waals surface area (Å²) in [6.07, 6.45) is 3.79. The van der Waals surface area contributed by atoms with Gasteiger partial charge in [-0.3, -0.25) is 4.99 Å². The van der Waals surface area contributed by atoms with Gasteiger partial charge >= 0.3 is 0 Å². The summed E-state index contributed by atoms with van der Waals surface area (Å²) in [6, 6.07) is 57.3. The first-order valence-corrected chi connectivity index (χ1v) is 18.5. The van der Waals surface area contributed by atoms with Crippen LogP contribution in [0.1, 0.15) is 41.7 Å². The molecule has 1 aliphatic carbocycles. The monoisotopic (exact) mass is 692 g/mol. The van der Waals surface area contributed by atoms with E-state index in [-0.39, 0.29) is 5.41 Å². The summed E-state index contributed by atoms with van der Waals surface area (Å²) in [6.45, 7) is 4.75. The van der Waals surface area contributed by atoms with Crippen LogP contribution >= 0.6 is 0 Å². The molecular weight excluding hydrogens is 657 g/mol. The molecular formula is C51H36N2O. The third-order valence-corrected chi connectivity index (χ3v) is 11.2. The Morgan fingerprint density at radius 1 is 0.519 bits per heavy atom. The minimum atomic E-state index is -0.187. The molecule has 0 atom stereocenters. The van der Waals surface area contributed by atoms with Gasteiger partial charge in [0.15, 0.2) is 0 Å². The molecule has 0 spiro atoms. The standard InChI is InChI=1S/C51H36N2O/c1-51(2)49-37-17-7-6-13-32(37)23-28-44(49)43-21-12-20-42(50(43)51)39-26-25-35(36-16-8-9-18-38(36)39)31-53-46(30-45(52)33-14-4-3-5-15-33)34-24-27-41-40-19-10-11-22-47(40)54-48(41)29-34/h3-31,52H,1-2H3/b46-30-,52-45?,53-31?. The van der Waals surface area contributed by atoms with E-state index in [1.54, 1.807) is 0 Å². The number of fused-ring (bicyclic) bond motifs is 9. The van der Waals surface area contributed by atoms with E-state index in [1.165, 1.54) is 49.5 Å². The molecule has 0 saturated carbocycles. The van der Waals surface area contributed by atoms with Crippen molar-refractivity contribution in [2.24, 2.45) is 4.99 Å². The SMILES string of the molecule is CC1(C)c2c(cccc2-c2ccc(C=N/C(=C\C(=N)c3ccccc3)c3ccc4c(c3)oc3ccccc34)c3ccccc23)-c2ccc3ccccc3c21. The molecule has 256 valence electrons. The van der Waals surface area contributed by atoms with Gasteiger partial charge in [-0.1, -0.05) is 159 Å². The third kappa shape index (κ3) is 5.04. The number of aliphatic imine (C=N–C) groups is 1. The van der Waals surface area contributed by atoms with Crippen LogP contribution < -0.4 is 0 Å². The smallest absolute Gasteiger partial charge is 0.136 e. The average Bonchev–Trinajstić information content (AvgIpc) is 3.71. The minimum absolute atomic E-state index is 0.187. The number of hydrogen-bond acceptors (Lipinski definition) is 3. The first kappa shape index (κ1) is 31.9. The van der Waals surface area contributed by atoms with Crippen molar-refractivity contribution < 1.29 is 4.42 Å². The second-order valence-corrected chi connectivity index (χ2v) is 14.7. The summed E-state index contributed by atoms with van der Waals surface area (Å²) in [5, 5.41) is 16.1. The normalized spacial score (nSPS) is 13.6. The molecule has 54 heavy (non-hydrogen) atoms. The van der Waals surface area contributed by atoms with Crippen LogP contribution in [0.5, 0.6) is 0 Å². The van der Waals surface area contributed by atoms with Crippen LogP contribution in [-0.2, 0) is 5.41 Å². The number of furan rings is 1. The second kappa shape index (κ2) is 12.4. The van der Waals surface area contributed by atoms with Gasteiger partial charge in [0.1, 0.15) is 11.2 Å². The topological polar surface area (TPSA) is 49.4 Å². The average molecular weight is 693 g/mol. The Kier molecular flexibility index (Phi) is 7.31. The fraction of sp³-hybridized carbons (Fsp3) is 0.0588. The lowest BCUT2D eigenvalue weighted by Gasteiger charge is -2.26.